The zero-order valence-corrected chi connectivity index (χ0v) is 11.6. The van der Waals surface area contributed by atoms with Gasteiger partial charge in [0.15, 0.2) is 11.6 Å². The number of carbonyl (C=O) groups is 2. The van der Waals surface area contributed by atoms with Crippen molar-refractivity contribution in [3.63, 3.8) is 0 Å². The van der Waals surface area contributed by atoms with Gasteiger partial charge in [0.2, 0.25) is 0 Å². The van der Waals surface area contributed by atoms with Crippen LogP contribution in [0, 0.1) is 11.6 Å². The maximum absolute atomic E-state index is 13.2. The second-order valence-corrected chi connectivity index (χ2v) is 5.00. The molecule has 1 heterocycles. The molecule has 0 aliphatic carbocycles. The molecule has 0 saturated carbocycles. The van der Waals surface area contributed by atoms with Gasteiger partial charge < -0.3 is 14.7 Å². The molecule has 2 rings (SSSR count). The van der Waals surface area contributed by atoms with E-state index in [1.54, 1.807) is 0 Å². The molecule has 1 aliphatic heterocycles. The van der Waals surface area contributed by atoms with Crippen LogP contribution in [0.3, 0.4) is 0 Å². The van der Waals surface area contributed by atoms with E-state index in [1.165, 1.54) is 4.90 Å². The molecule has 1 atom stereocenters. The number of rotatable bonds is 3. The molecule has 1 aliphatic rings. The molecule has 0 radical (unpaired) electrons. The van der Waals surface area contributed by atoms with E-state index in [2.05, 4.69) is 0 Å². The van der Waals surface area contributed by atoms with E-state index in [1.807, 2.05) is 0 Å². The highest BCUT2D eigenvalue weighted by Crippen LogP contribution is 2.22. The fourth-order valence-corrected chi connectivity index (χ4v) is 2.31. The van der Waals surface area contributed by atoms with Crippen LogP contribution in [0.2, 0.25) is 5.02 Å². The maximum Gasteiger partial charge on any atom is 0.306 e. The van der Waals surface area contributed by atoms with Gasteiger partial charge in [-0.1, -0.05) is 11.6 Å². The summed E-state index contributed by atoms with van der Waals surface area (Å²) in [6, 6.07) is 1.47. The molecule has 1 aromatic rings. The van der Waals surface area contributed by atoms with E-state index in [-0.39, 0.29) is 36.7 Å². The summed E-state index contributed by atoms with van der Waals surface area (Å²) in [5.74, 6) is -3.93. The molecule has 0 aromatic heterocycles. The third kappa shape index (κ3) is 3.68. The van der Waals surface area contributed by atoms with Gasteiger partial charge in [0.25, 0.3) is 5.91 Å². The molecule has 1 amide bonds. The third-order valence-corrected chi connectivity index (χ3v) is 3.38. The zero-order valence-electron chi connectivity index (χ0n) is 10.8. The van der Waals surface area contributed by atoms with Gasteiger partial charge in [0.05, 0.1) is 29.7 Å². The van der Waals surface area contributed by atoms with Crippen LogP contribution in [0.25, 0.3) is 0 Å². The lowest BCUT2D eigenvalue weighted by atomic mass is 10.1. The molecule has 1 aromatic carbocycles. The highest BCUT2D eigenvalue weighted by atomic mass is 35.5. The Morgan fingerprint density at radius 2 is 2.05 bits per heavy atom. The maximum atomic E-state index is 13.2. The third-order valence-electron chi connectivity index (χ3n) is 3.07. The Morgan fingerprint density at radius 3 is 2.71 bits per heavy atom. The molecule has 0 spiro atoms. The molecule has 0 bridgehead atoms. The number of carboxylic acids is 1. The Hall–Kier alpha value is -1.73. The molecule has 1 fully saturated rings. The minimum Gasteiger partial charge on any atom is -0.481 e. The topological polar surface area (TPSA) is 66.8 Å². The van der Waals surface area contributed by atoms with Crippen LogP contribution >= 0.6 is 11.6 Å². The number of hydrogen-bond donors (Lipinski definition) is 1. The van der Waals surface area contributed by atoms with Crippen LogP contribution in [0.1, 0.15) is 16.8 Å². The van der Waals surface area contributed by atoms with Gasteiger partial charge >= 0.3 is 5.97 Å². The number of carbonyl (C=O) groups excluding carboxylic acids is 1. The summed E-state index contributed by atoms with van der Waals surface area (Å²) < 4.78 is 31.5. The lowest BCUT2D eigenvalue weighted by Crippen LogP contribution is -2.46. The molecule has 1 saturated heterocycles. The number of amides is 1. The molecular formula is C13H12ClF2NO4. The molecule has 1 N–H and O–H groups in total. The van der Waals surface area contributed by atoms with Gasteiger partial charge in [-0.25, -0.2) is 8.78 Å². The quantitative estimate of drug-likeness (QED) is 0.865. The summed E-state index contributed by atoms with van der Waals surface area (Å²) in [5, 5.41) is 8.53. The van der Waals surface area contributed by atoms with Crippen molar-refractivity contribution in [2.24, 2.45) is 0 Å². The Kier molecular flexibility index (Phi) is 4.74. The summed E-state index contributed by atoms with van der Waals surface area (Å²) in [4.78, 5) is 24.2. The Labute approximate surface area is 124 Å². The highest BCUT2D eigenvalue weighted by molar-refractivity contribution is 6.33. The van der Waals surface area contributed by atoms with E-state index in [0.29, 0.717) is 0 Å². The standard InChI is InChI=1S/C13H12ClF2NO4/c14-9-5-11(16)10(15)4-8(9)13(20)17-1-2-21-7(6-17)3-12(18)19/h4-5,7H,1-3,6H2,(H,18,19). The average Bonchev–Trinajstić information content (AvgIpc) is 2.41. The van der Waals surface area contributed by atoms with Gasteiger partial charge in [-0.2, -0.15) is 0 Å². The van der Waals surface area contributed by atoms with E-state index in [9.17, 15) is 18.4 Å². The Morgan fingerprint density at radius 1 is 1.38 bits per heavy atom. The zero-order chi connectivity index (χ0) is 15.6. The number of nitrogens with zero attached hydrogens (tertiary/aromatic N) is 1. The number of aliphatic carboxylic acids is 1. The summed E-state index contributed by atoms with van der Waals surface area (Å²) in [7, 11) is 0. The van der Waals surface area contributed by atoms with Crippen molar-refractivity contribution in [3.8, 4) is 0 Å². The number of hydrogen-bond acceptors (Lipinski definition) is 3. The fraction of sp³-hybridized carbons (Fsp3) is 0.385. The van der Waals surface area contributed by atoms with Crippen LogP contribution in [-0.2, 0) is 9.53 Å². The molecular weight excluding hydrogens is 308 g/mol. The van der Waals surface area contributed by atoms with Gasteiger partial charge in [0.1, 0.15) is 0 Å². The van der Waals surface area contributed by atoms with Gasteiger partial charge in [-0.05, 0) is 12.1 Å². The van der Waals surface area contributed by atoms with Crippen LogP contribution < -0.4 is 0 Å². The normalized spacial score (nSPS) is 18.6. The second-order valence-electron chi connectivity index (χ2n) is 4.59. The van der Waals surface area contributed by atoms with Crippen molar-refractivity contribution >= 4 is 23.5 Å². The number of morpholine rings is 1. The van der Waals surface area contributed by atoms with Crippen LogP contribution in [0.15, 0.2) is 12.1 Å². The summed E-state index contributed by atoms with van der Waals surface area (Å²) in [5.41, 5.74) is -0.161. The summed E-state index contributed by atoms with van der Waals surface area (Å²) >= 11 is 5.76. The van der Waals surface area contributed by atoms with E-state index >= 15 is 0 Å². The monoisotopic (exact) mass is 319 g/mol. The Bertz CT molecular complexity index is 582. The van der Waals surface area contributed by atoms with Crippen LogP contribution in [0.4, 0.5) is 8.78 Å². The SMILES string of the molecule is O=C(O)CC1CN(C(=O)c2cc(F)c(F)cc2Cl)CCO1. The minimum absolute atomic E-state index is 0.0560. The van der Waals surface area contributed by atoms with E-state index < -0.39 is 29.6 Å². The average molecular weight is 320 g/mol. The summed E-state index contributed by atoms with van der Waals surface area (Å²) in [6.45, 7) is 0.454. The first-order valence-electron chi connectivity index (χ1n) is 6.15. The van der Waals surface area contributed by atoms with Gasteiger partial charge in [0, 0.05) is 13.1 Å². The number of carboxylic acid groups (broad SMARTS) is 1. The Balaban J connectivity index is 2.16. The van der Waals surface area contributed by atoms with Crippen molar-refractivity contribution in [1.82, 2.24) is 4.90 Å². The predicted octanol–water partition coefficient (Wildman–Crippen LogP) is 1.93. The first-order chi connectivity index (χ1) is 9.88. The first-order valence-corrected chi connectivity index (χ1v) is 6.53. The van der Waals surface area contributed by atoms with Crippen molar-refractivity contribution in [3.05, 3.63) is 34.4 Å². The van der Waals surface area contributed by atoms with E-state index in [4.69, 9.17) is 21.4 Å². The number of ether oxygens (including phenoxy) is 1. The van der Waals surface area contributed by atoms with Crippen LogP contribution in [-0.4, -0.2) is 47.7 Å². The predicted molar refractivity (Wildman–Crippen MR) is 69.3 cm³/mol. The van der Waals surface area contributed by atoms with Gasteiger partial charge in [-0.15, -0.1) is 0 Å². The minimum atomic E-state index is -1.17. The second kappa shape index (κ2) is 6.36. The fourth-order valence-electron chi connectivity index (χ4n) is 2.08. The number of benzene rings is 1. The lowest BCUT2D eigenvalue weighted by Gasteiger charge is -2.32. The molecule has 8 heteroatoms. The molecule has 21 heavy (non-hydrogen) atoms. The summed E-state index contributed by atoms with van der Waals surface area (Å²) in [6.07, 6.45) is -0.876. The van der Waals surface area contributed by atoms with Crippen molar-refractivity contribution < 1.29 is 28.2 Å². The largest absolute Gasteiger partial charge is 0.481 e. The lowest BCUT2D eigenvalue weighted by molar-refractivity contribution is -0.141. The molecule has 114 valence electrons. The first kappa shape index (κ1) is 15.7. The molecule has 1 unspecified atom stereocenters. The smallest absolute Gasteiger partial charge is 0.306 e. The van der Waals surface area contributed by atoms with Gasteiger partial charge in [-0.3, -0.25) is 9.59 Å². The van der Waals surface area contributed by atoms with Crippen molar-refractivity contribution in [2.75, 3.05) is 19.7 Å². The highest BCUT2D eigenvalue weighted by Gasteiger charge is 2.28. The number of halogens is 3. The van der Waals surface area contributed by atoms with Crippen molar-refractivity contribution in [2.45, 2.75) is 12.5 Å². The van der Waals surface area contributed by atoms with E-state index in [0.717, 1.165) is 12.1 Å². The molecule has 5 nitrogen and oxygen atoms in total. The van der Waals surface area contributed by atoms with Crippen LogP contribution in [0.5, 0.6) is 0 Å². The van der Waals surface area contributed by atoms with Crippen molar-refractivity contribution in [1.29, 1.82) is 0 Å².